The number of aryl methyl sites for hydroxylation is 2. The molecule has 0 N–H and O–H groups in total. The Kier molecular flexibility index (Phi) is 2.93. The lowest BCUT2D eigenvalue weighted by molar-refractivity contribution is -0.387. The van der Waals surface area contributed by atoms with Crippen LogP contribution in [0.25, 0.3) is 0 Å². The molecule has 1 aromatic carbocycles. The number of thioether (sulfide) groups is 1. The Labute approximate surface area is 81.3 Å². The number of hydrogen-bond donors (Lipinski definition) is 0. The minimum absolute atomic E-state index is 0.204. The van der Waals surface area contributed by atoms with Crippen LogP contribution in [-0.2, 0) is 0 Å². The van der Waals surface area contributed by atoms with Crippen molar-refractivity contribution < 1.29 is 4.92 Å². The van der Waals surface area contributed by atoms with Gasteiger partial charge in [0.15, 0.2) is 0 Å². The highest BCUT2D eigenvalue weighted by Crippen LogP contribution is 2.29. The van der Waals surface area contributed by atoms with Gasteiger partial charge in [0.2, 0.25) is 0 Å². The first-order valence-corrected chi connectivity index (χ1v) is 5.08. The quantitative estimate of drug-likeness (QED) is 0.416. The fourth-order valence-corrected chi connectivity index (χ4v) is 1.72. The molecule has 0 saturated carbocycles. The van der Waals surface area contributed by atoms with E-state index in [1.54, 1.807) is 6.07 Å². The molecular formula is C9H11NO2S. The number of rotatable bonds is 2. The van der Waals surface area contributed by atoms with Crippen molar-refractivity contribution >= 4 is 17.4 Å². The summed E-state index contributed by atoms with van der Waals surface area (Å²) in [5, 5.41) is 10.6. The van der Waals surface area contributed by atoms with Gasteiger partial charge in [-0.2, -0.15) is 0 Å². The van der Waals surface area contributed by atoms with Crippen molar-refractivity contribution in [2.24, 2.45) is 0 Å². The molecule has 1 rings (SSSR count). The standard InChI is InChI=1S/C9H11NO2S/c1-6-4-8(10(11)12)9(13-3)5-7(6)2/h4-5H,1-3H3. The van der Waals surface area contributed by atoms with Gasteiger partial charge in [0.05, 0.1) is 9.82 Å². The van der Waals surface area contributed by atoms with E-state index in [0.717, 1.165) is 16.0 Å². The third-order valence-electron chi connectivity index (χ3n) is 1.99. The Morgan fingerprint density at radius 2 is 1.85 bits per heavy atom. The molecule has 70 valence electrons. The third kappa shape index (κ3) is 2.01. The Hall–Kier alpha value is -1.03. The van der Waals surface area contributed by atoms with E-state index >= 15 is 0 Å². The summed E-state index contributed by atoms with van der Waals surface area (Å²) in [5.41, 5.74) is 2.26. The maximum absolute atomic E-state index is 10.6. The van der Waals surface area contributed by atoms with Crippen molar-refractivity contribution in [3.05, 3.63) is 33.4 Å². The van der Waals surface area contributed by atoms with Crippen molar-refractivity contribution in [1.82, 2.24) is 0 Å². The molecule has 0 saturated heterocycles. The average molecular weight is 197 g/mol. The third-order valence-corrected chi connectivity index (χ3v) is 2.76. The zero-order chi connectivity index (χ0) is 10.0. The molecule has 13 heavy (non-hydrogen) atoms. The number of nitro benzene ring substituents is 1. The van der Waals surface area contributed by atoms with E-state index < -0.39 is 0 Å². The zero-order valence-corrected chi connectivity index (χ0v) is 8.64. The molecule has 0 atom stereocenters. The molecule has 0 aromatic heterocycles. The summed E-state index contributed by atoms with van der Waals surface area (Å²) in [7, 11) is 0. The van der Waals surface area contributed by atoms with Crippen molar-refractivity contribution in [1.29, 1.82) is 0 Å². The normalized spacial score (nSPS) is 10.1. The Morgan fingerprint density at radius 3 is 2.31 bits per heavy atom. The van der Waals surface area contributed by atoms with Crippen molar-refractivity contribution in [2.75, 3.05) is 6.26 Å². The van der Waals surface area contributed by atoms with E-state index in [0.29, 0.717) is 0 Å². The van der Waals surface area contributed by atoms with Gasteiger partial charge in [-0.05, 0) is 37.3 Å². The number of benzene rings is 1. The molecule has 0 spiro atoms. The summed E-state index contributed by atoms with van der Waals surface area (Å²) >= 11 is 1.40. The van der Waals surface area contributed by atoms with Crippen LogP contribution in [0.1, 0.15) is 11.1 Å². The van der Waals surface area contributed by atoms with Gasteiger partial charge in [-0.15, -0.1) is 11.8 Å². The molecule has 0 fully saturated rings. The van der Waals surface area contributed by atoms with Gasteiger partial charge in [-0.25, -0.2) is 0 Å². The molecule has 0 radical (unpaired) electrons. The van der Waals surface area contributed by atoms with E-state index in [-0.39, 0.29) is 10.6 Å². The lowest BCUT2D eigenvalue weighted by atomic mass is 10.1. The fourth-order valence-electron chi connectivity index (χ4n) is 1.08. The van der Waals surface area contributed by atoms with E-state index in [1.165, 1.54) is 11.8 Å². The second kappa shape index (κ2) is 3.79. The van der Waals surface area contributed by atoms with Gasteiger partial charge in [0.1, 0.15) is 0 Å². The first-order chi connectivity index (χ1) is 6.06. The molecule has 0 aliphatic rings. The fraction of sp³-hybridized carbons (Fsp3) is 0.333. The minimum Gasteiger partial charge on any atom is -0.258 e. The molecule has 0 aliphatic heterocycles. The predicted octanol–water partition coefficient (Wildman–Crippen LogP) is 2.93. The topological polar surface area (TPSA) is 43.1 Å². The van der Waals surface area contributed by atoms with Crippen molar-refractivity contribution in [2.45, 2.75) is 18.7 Å². The first-order valence-electron chi connectivity index (χ1n) is 3.86. The van der Waals surface area contributed by atoms with Crippen LogP contribution in [0.3, 0.4) is 0 Å². The number of nitrogens with zero attached hydrogens (tertiary/aromatic N) is 1. The van der Waals surface area contributed by atoms with Crippen LogP contribution in [0, 0.1) is 24.0 Å². The highest BCUT2D eigenvalue weighted by atomic mass is 32.2. The van der Waals surface area contributed by atoms with E-state index in [1.807, 2.05) is 26.2 Å². The summed E-state index contributed by atoms with van der Waals surface area (Å²) in [5.74, 6) is 0. The smallest absolute Gasteiger partial charge is 0.258 e. The van der Waals surface area contributed by atoms with Gasteiger partial charge in [-0.1, -0.05) is 0 Å². The summed E-state index contributed by atoms with van der Waals surface area (Å²) in [4.78, 5) is 11.0. The van der Waals surface area contributed by atoms with E-state index in [9.17, 15) is 10.1 Å². The van der Waals surface area contributed by atoms with Crippen LogP contribution in [-0.4, -0.2) is 11.2 Å². The molecular weight excluding hydrogens is 186 g/mol. The Bertz CT molecular complexity index is 350. The highest BCUT2D eigenvalue weighted by molar-refractivity contribution is 7.98. The maximum atomic E-state index is 10.6. The molecule has 4 heteroatoms. The molecule has 1 aromatic rings. The minimum atomic E-state index is -0.335. The van der Waals surface area contributed by atoms with Crippen LogP contribution in [0.15, 0.2) is 17.0 Å². The first kappa shape index (κ1) is 10.1. The number of nitro groups is 1. The summed E-state index contributed by atoms with van der Waals surface area (Å²) in [6.07, 6.45) is 1.84. The van der Waals surface area contributed by atoms with E-state index in [4.69, 9.17) is 0 Å². The van der Waals surface area contributed by atoms with Crippen molar-refractivity contribution in [3.63, 3.8) is 0 Å². The van der Waals surface area contributed by atoms with Gasteiger partial charge in [-0.3, -0.25) is 10.1 Å². The molecule has 0 amide bonds. The molecule has 0 aliphatic carbocycles. The summed E-state index contributed by atoms with van der Waals surface area (Å²) in [6.45, 7) is 3.84. The molecule has 0 unspecified atom stereocenters. The SMILES string of the molecule is CSc1cc(C)c(C)cc1[N+](=O)[O-]. The van der Waals surface area contributed by atoms with Crippen LogP contribution >= 0.6 is 11.8 Å². The van der Waals surface area contributed by atoms with Crippen LogP contribution in [0.4, 0.5) is 5.69 Å². The zero-order valence-electron chi connectivity index (χ0n) is 7.83. The van der Waals surface area contributed by atoms with Gasteiger partial charge < -0.3 is 0 Å². The Morgan fingerprint density at radius 1 is 1.31 bits per heavy atom. The van der Waals surface area contributed by atoms with Crippen LogP contribution < -0.4 is 0 Å². The van der Waals surface area contributed by atoms with Crippen LogP contribution in [0.5, 0.6) is 0 Å². The second-order valence-electron chi connectivity index (χ2n) is 2.87. The Balaban J connectivity index is 3.33. The second-order valence-corrected chi connectivity index (χ2v) is 3.71. The average Bonchev–Trinajstić information content (AvgIpc) is 2.08. The predicted molar refractivity (Wildman–Crippen MR) is 54.4 cm³/mol. The summed E-state index contributed by atoms with van der Waals surface area (Å²) in [6, 6.07) is 3.49. The highest BCUT2D eigenvalue weighted by Gasteiger charge is 2.13. The monoisotopic (exact) mass is 197 g/mol. The van der Waals surface area contributed by atoms with Crippen LogP contribution in [0.2, 0.25) is 0 Å². The van der Waals surface area contributed by atoms with Gasteiger partial charge >= 0.3 is 0 Å². The number of hydrogen-bond acceptors (Lipinski definition) is 3. The maximum Gasteiger partial charge on any atom is 0.283 e. The lowest BCUT2D eigenvalue weighted by Gasteiger charge is -2.03. The molecule has 0 bridgehead atoms. The summed E-state index contributed by atoms with van der Waals surface area (Å²) < 4.78 is 0. The van der Waals surface area contributed by atoms with Gasteiger partial charge in [0, 0.05) is 6.07 Å². The van der Waals surface area contributed by atoms with E-state index in [2.05, 4.69) is 0 Å². The molecule has 3 nitrogen and oxygen atoms in total. The van der Waals surface area contributed by atoms with Gasteiger partial charge in [0.25, 0.3) is 5.69 Å². The molecule has 0 heterocycles. The lowest BCUT2D eigenvalue weighted by Crippen LogP contribution is -1.93. The largest absolute Gasteiger partial charge is 0.283 e. The van der Waals surface area contributed by atoms with Crippen molar-refractivity contribution in [3.8, 4) is 0 Å².